The van der Waals surface area contributed by atoms with E-state index in [9.17, 15) is 0 Å². The Morgan fingerprint density at radius 2 is 1.94 bits per heavy atom. The quantitative estimate of drug-likeness (QED) is 0.832. The number of hydrogen-bond acceptors (Lipinski definition) is 6. The van der Waals surface area contributed by atoms with Gasteiger partial charge in [-0.3, -0.25) is 0 Å². The molecule has 2 N–H and O–H groups in total. The third-order valence-electron chi connectivity index (χ3n) is 2.43. The van der Waals surface area contributed by atoms with Gasteiger partial charge in [-0.1, -0.05) is 0 Å². The Balaban J connectivity index is 1.97. The van der Waals surface area contributed by atoms with E-state index in [-0.39, 0.29) is 6.54 Å². The van der Waals surface area contributed by atoms with Crippen molar-refractivity contribution in [2.75, 3.05) is 13.2 Å². The monoisotopic (exact) mass is 233 g/mol. The largest absolute Gasteiger partial charge is 0.486 e. The number of benzene rings is 1. The summed E-state index contributed by atoms with van der Waals surface area (Å²) in [7, 11) is 0. The highest BCUT2D eigenvalue weighted by molar-refractivity contribution is 5.59. The van der Waals surface area contributed by atoms with Crippen molar-refractivity contribution in [1.29, 1.82) is 0 Å². The molecule has 0 aliphatic carbocycles. The highest BCUT2D eigenvalue weighted by Crippen LogP contribution is 2.33. The minimum absolute atomic E-state index is 0.234. The summed E-state index contributed by atoms with van der Waals surface area (Å²) in [5.41, 5.74) is 6.20. The van der Waals surface area contributed by atoms with Crippen LogP contribution in [0, 0.1) is 0 Å². The number of rotatable bonds is 2. The standard InChI is InChI=1S/C11H11N3O3/c12-6-10-13-14-11(17-10)7-1-2-8-9(5-7)16-4-3-15-8/h1-2,5H,3-4,6,12H2. The van der Waals surface area contributed by atoms with Crippen LogP contribution in [-0.4, -0.2) is 23.4 Å². The maximum Gasteiger partial charge on any atom is 0.247 e. The second-order valence-corrected chi connectivity index (χ2v) is 3.56. The van der Waals surface area contributed by atoms with Crippen LogP contribution in [0.2, 0.25) is 0 Å². The number of fused-ring (bicyclic) bond motifs is 1. The molecule has 17 heavy (non-hydrogen) atoms. The number of aromatic nitrogens is 2. The number of nitrogens with zero attached hydrogens (tertiary/aromatic N) is 2. The van der Waals surface area contributed by atoms with Crippen molar-refractivity contribution in [2.45, 2.75) is 6.54 Å². The summed E-state index contributed by atoms with van der Waals surface area (Å²) >= 11 is 0. The maximum atomic E-state index is 5.48. The molecule has 88 valence electrons. The number of nitrogens with two attached hydrogens (primary N) is 1. The number of ether oxygens (including phenoxy) is 2. The lowest BCUT2D eigenvalue weighted by Gasteiger charge is -2.18. The zero-order chi connectivity index (χ0) is 11.7. The fourth-order valence-electron chi connectivity index (χ4n) is 1.63. The molecule has 6 nitrogen and oxygen atoms in total. The molecule has 0 spiro atoms. The summed E-state index contributed by atoms with van der Waals surface area (Å²) in [6, 6.07) is 5.50. The van der Waals surface area contributed by atoms with Crippen molar-refractivity contribution < 1.29 is 13.9 Å². The van der Waals surface area contributed by atoms with Crippen LogP contribution in [0.1, 0.15) is 5.89 Å². The first-order valence-corrected chi connectivity index (χ1v) is 5.29. The molecule has 0 saturated carbocycles. The highest BCUT2D eigenvalue weighted by Gasteiger charge is 2.15. The number of hydrogen-bond donors (Lipinski definition) is 1. The van der Waals surface area contributed by atoms with Gasteiger partial charge in [0.1, 0.15) is 13.2 Å². The Morgan fingerprint density at radius 3 is 2.71 bits per heavy atom. The van der Waals surface area contributed by atoms with Gasteiger partial charge >= 0.3 is 0 Å². The first-order chi connectivity index (χ1) is 8.36. The Labute approximate surface area is 97.3 Å². The van der Waals surface area contributed by atoms with Crippen molar-refractivity contribution in [3.05, 3.63) is 24.1 Å². The van der Waals surface area contributed by atoms with Gasteiger partial charge in [0.15, 0.2) is 11.5 Å². The Hall–Kier alpha value is -2.08. The van der Waals surface area contributed by atoms with E-state index in [1.807, 2.05) is 18.2 Å². The third-order valence-corrected chi connectivity index (χ3v) is 2.43. The Morgan fingerprint density at radius 1 is 1.12 bits per heavy atom. The van der Waals surface area contributed by atoms with Crippen molar-refractivity contribution in [3.63, 3.8) is 0 Å². The molecule has 3 rings (SSSR count). The molecule has 1 aromatic carbocycles. The molecule has 6 heteroatoms. The van der Waals surface area contributed by atoms with E-state index in [1.54, 1.807) is 0 Å². The molecule has 0 bridgehead atoms. The first kappa shape index (κ1) is 10.1. The summed E-state index contributed by atoms with van der Waals surface area (Å²) in [6.45, 7) is 1.36. The molecule has 1 aromatic heterocycles. The van der Waals surface area contributed by atoms with Gasteiger partial charge in [-0.25, -0.2) is 0 Å². The lowest BCUT2D eigenvalue weighted by Crippen LogP contribution is -2.15. The zero-order valence-electron chi connectivity index (χ0n) is 9.05. The average Bonchev–Trinajstić information content (AvgIpc) is 2.87. The van der Waals surface area contributed by atoms with E-state index in [2.05, 4.69) is 10.2 Å². The van der Waals surface area contributed by atoms with Gasteiger partial charge < -0.3 is 19.6 Å². The summed E-state index contributed by atoms with van der Waals surface area (Å²) in [5, 5.41) is 7.72. The Bertz CT molecular complexity index is 539. The minimum atomic E-state index is 0.234. The van der Waals surface area contributed by atoms with Crippen LogP contribution in [-0.2, 0) is 6.54 Å². The second kappa shape index (κ2) is 4.06. The van der Waals surface area contributed by atoms with E-state index in [0.29, 0.717) is 30.7 Å². The van der Waals surface area contributed by atoms with Gasteiger partial charge in [0, 0.05) is 5.56 Å². The van der Waals surface area contributed by atoms with Crippen LogP contribution in [0.15, 0.2) is 22.6 Å². The van der Waals surface area contributed by atoms with Crippen LogP contribution < -0.4 is 15.2 Å². The van der Waals surface area contributed by atoms with Crippen LogP contribution in [0.3, 0.4) is 0 Å². The molecular weight excluding hydrogens is 222 g/mol. The molecule has 0 fully saturated rings. The highest BCUT2D eigenvalue weighted by atomic mass is 16.6. The molecule has 2 heterocycles. The van der Waals surface area contributed by atoms with Crippen molar-refractivity contribution in [2.24, 2.45) is 5.73 Å². The van der Waals surface area contributed by atoms with E-state index in [1.165, 1.54) is 0 Å². The van der Waals surface area contributed by atoms with E-state index in [0.717, 1.165) is 11.3 Å². The normalized spacial score (nSPS) is 13.7. The van der Waals surface area contributed by atoms with Crippen LogP contribution >= 0.6 is 0 Å². The molecule has 1 aliphatic rings. The SMILES string of the molecule is NCc1nnc(-c2ccc3c(c2)OCCO3)o1. The molecule has 0 amide bonds. The van der Waals surface area contributed by atoms with Crippen molar-refractivity contribution >= 4 is 0 Å². The molecule has 0 radical (unpaired) electrons. The Kier molecular flexibility index (Phi) is 2.41. The third kappa shape index (κ3) is 1.83. The lowest BCUT2D eigenvalue weighted by molar-refractivity contribution is 0.171. The van der Waals surface area contributed by atoms with Crippen molar-refractivity contribution in [1.82, 2.24) is 10.2 Å². The molecule has 1 aliphatic heterocycles. The van der Waals surface area contributed by atoms with Crippen molar-refractivity contribution in [3.8, 4) is 23.0 Å². The van der Waals surface area contributed by atoms with Crippen LogP contribution in [0.4, 0.5) is 0 Å². The smallest absolute Gasteiger partial charge is 0.247 e. The van der Waals surface area contributed by atoms with Gasteiger partial charge in [0.25, 0.3) is 0 Å². The zero-order valence-corrected chi connectivity index (χ0v) is 9.05. The van der Waals surface area contributed by atoms with Gasteiger partial charge in [0.05, 0.1) is 6.54 Å². The molecule has 2 aromatic rings. The van der Waals surface area contributed by atoms with E-state index < -0.39 is 0 Å². The summed E-state index contributed by atoms with van der Waals surface area (Å²) in [4.78, 5) is 0. The first-order valence-electron chi connectivity index (χ1n) is 5.29. The minimum Gasteiger partial charge on any atom is -0.486 e. The molecular formula is C11H11N3O3. The topological polar surface area (TPSA) is 83.4 Å². The molecule has 0 atom stereocenters. The van der Waals surface area contributed by atoms with Crippen LogP contribution in [0.5, 0.6) is 11.5 Å². The predicted octanol–water partition coefficient (Wildman–Crippen LogP) is 0.967. The lowest BCUT2D eigenvalue weighted by atomic mass is 10.2. The predicted molar refractivity (Wildman–Crippen MR) is 58.6 cm³/mol. The van der Waals surface area contributed by atoms with Gasteiger partial charge in [-0.2, -0.15) is 0 Å². The summed E-state index contributed by atoms with van der Waals surface area (Å²) < 4.78 is 16.3. The van der Waals surface area contributed by atoms with E-state index in [4.69, 9.17) is 19.6 Å². The van der Waals surface area contributed by atoms with Gasteiger partial charge in [-0.15, -0.1) is 10.2 Å². The van der Waals surface area contributed by atoms with Gasteiger partial charge in [-0.05, 0) is 18.2 Å². The second-order valence-electron chi connectivity index (χ2n) is 3.56. The fourth-order valence-corrected chi connectivity index (χ4v) is 1.63. The van der Waals surface area contributed by atoms with Gasteiger partial charge in [0.2, 0.25) is 11.8 Å². The maximum absolute atomic E-state index is 5.48. The van der Waals surface area contributed by atoms with Crippen LogP contribution in [0.25, 0.3) is 11.5 Å². The molecule has 0 unspecified atom stereocenters. The molecule has 0 saturated heterocycles. The fraction of sp³-hybridized carbons (Fsp3) is 0.273. The van der Waals surface area contributed by atoms with E-state index >= 15 is 0 Å². The summed E-state index contributed by atoms with van der Waals surface area (Å²) in [5.74, 6) is 2.28. The average molecular weight is 233 g/mol. The summed E-state index contributed by atoms with van der Waals surface area (Å²) in [6.07, 6.45) is 0.